The number of hydrogen-bond donors (Lipinski definition) is 2. The van der Waals surface area contributed by atoms with Gasteiger partial charge in [0, 0.05) is 57.4 Å². The first kappa shape index (κ1) is 27.8. The first-order valence-electron chi connectivity index (χ1n) is 11.4. The van der Waals surface area contributed by atoms with E-state index < -0.39 is 52.6 Å². The molecule has 1 atom stereocenters. The topological polar surface area (TPSA) is 112 Å². The van der Waals surface area contributed by atoms with E-state index in [-0.39, 0.29) is 44.2 Å². The van der Waals surface area contributed by atoms with Crippen LogP contribution in [0, 0.1) is 5.95 Å². The van der Waals surface area contributed by atoms with E-state index in [4.69, 9.17) is 0 Å². The maximum atomic E-state index is 15.1. The minimum Gasteiger partial charge on any atom is -0.379 e. The van der Waals surface area contributed by atoms with Crippen molar-refractivity contribution in [3.05, 3.63) is 63.8 Å². The van der Waals surface area contributed by atoms with Gasteiger partial charge in [0.15, 0.2) is 0 Å². The number of anilines is 2. The average molecular weight is 562 g/mol. The second kappa shape index (κ2) is 10.5. The molecule has 1 saturated heterocycles. The summed E-state index contributed by atoms with van der Waals surface area (Å²) in [6, 6.07) is 0.442. The highest BCUT2D eigenvalue weighted by atomic mass is 19.4. The van der Waals surface area contributed by atoms with Gasteiger partial charge in [0.05, 0.1) is 23.0 Å². The molecule has 210 valence electrons. The zero-order chi connectivity index (χ0) is 28.5. The summed E-state index contributed by atoms with van der Waals surface area (Å²) in [5, 5.41) is 7.59. The maximum absolute atomic E-state index is 15.1. The molecule has 0 bridgehead atoms. The predicted octanol–water partition coefficient (Wildman–Crippen LogP) is 3.00. The number of aromatic nitrogens is 5. The summed E-state index contributed by atoms with van der Waals surface area (Å²) in [7, 11) is 0. The molecule has 3 aromatic rings. The molecular formula is C22H21F7N8O2. The third-order valence-electron chi connectivity index (χ3n) is 5.95. The smallest absolute Gasteiger partial charge is 0.379 e. The molecule has 17 heteroatoms. The number of nitrogens with one attached hydrogen (secondary N) is 2. The van der Waals surface area contributed by atoms with Gasteiger partial charge in [-0.25, -0.2) is 15.1 Å². The lowest BCUT2D eigenvalue weighted by Crippen LogP contribution is -2.49. The van der Waals surface area contributed by atoms with E-state index in [0.29, 0.717) is 12.4 Å². The van der Waals surface area contributed by atoms with Crippen LogP contribution in [0.4, 0.5) is 42.4 Å². The largest absolute Gasteiger partial charge is 0.423 e. The van der Waals surface area contributed by atoms with Crippen molar-refractivity contribution in [2.24, 2.45) is 0 Å². The van der Waals surface area contributed by atoms with Crippen LogP contribution in [-0.2, 0) is 18.9 Å². The summed E-state index contributed by atoms with van der Waals surface area (Å²) in [5.74, 6) is -1.46. The van der Waals surface area contributed by atoms with Crippen LogP contribution in [0.3, 0.4) is 0 Å². The molecule has 0 aliphatic carbocycles. The lowest BCUT2D eigenvalue weighted by atomic mass is 10.2. The Morgan fingerprint density at radius 2 is 1.69 bits per heavy atom. The van der Waals surface area contributed by atoms with Gasteiger partial charge in [-0.05, 0) is 13.0 Å². The van der Waals surface area contributed by atoms with Crippen molar-refractivity contribution >= 4 is 17.5 Å². The Labute approximate surface area is 215 Å². The van der Waals surface area contributed by atoms with E-state index in [1.54, 1.807) is 10.00 Å². The van der Waals surface area contributed by atoms with E-state index in [1.807, 2.05) is 0 Å². The third-order valence-corrected chi connectivity index (χ3v) is 5.95. The molecule has 1 fully saturated rings. The number of hydrogen-bond acceptors (Lipinski definition) is 7. The summed E-state index contributed by atoms with van der Waals surface area (Å²) in [5.41, 5.74) is -4.70. The van der Waals surface area contributed by atoms with Gasteiger partial charge in [-0.2, -0.15) is 35.8 Å². The number of H-pyrrole nitrogens is 1. The molecule has 0 unspecified atom stereocenters. The van der Waals surface area contributed by atoms with Crippen molar-refractivity contribution in [1.82, 2.24) is 29.6 Å². The minimum atomic E-state index is -4.94. The van der Waals surface area contributed by atoms with Crippen LogP contribution in [0.2, 0.25) is 0 Å². The Hall–Kier alpha value is -4.18. The number of carbonyl (C=O) groups is 1. The van der Waals surface area contributed by atoms with Crippen LogP contribution in [0.5, 0.6) is 0 Å². The van der Waals surface area contributed by atoms with Crippen molar-refractivity contribution in [2.45, 2.75) is 31.9 Å². The normalized spacial score (nSPS) is 15.4. The summed E-state index contributed by atoms with van der Waals surface area (Å²) in [6.45, 7) is 1.94. The van der Waals surface area contributed by atoms with Gasteiger partial charge in [-0.1, -0.05) is 0 Å². The number of carbonyl (C=O) groups excluding carboxylic acids is 1. The standard InChI is InChI=1S/C22H21F7N8O2/c1-12(33-15-10-32-34-18(38)16(15)22(27,28)29)11-37-3-2-14(17(37)23)19(39)35-4-6-36(7-5-35)20-30-8-13(9-31-20)21(24,25)26/h2-3,8-10,12H,4-7,11H2,1H3,(H2,33,34,38)/t12-/m0/s1. The molecule has 39 heavy (non-hydrogen) atoms. The molecule has 0 aromatic carbocycles. The second-order valence-electron chi connectivity index (χ2n) is 8.75. The molecular weight excluding hydrogens is 541 g/mol. The zero-order valence-electron chi connectivity index (χ0n) is 20.1. The molecule has 4 heterocycles. The van der Waals surface area contributed by atoms with Crippen molar-refractivity contribution in [1.29, 1.82) is 0 Å². The quantitative estimate of drug-likeness (QED) is 0.445. The van der Waals surface area contributed by atoms with Gasteiger partial charge < -0.3 is 19.7 Å². The molecule has 0 saturated carbocycles. The average Bonchev–Trinajstić information content (AvgIpc) is 3.22. The van der Waals surface area contributed by atoms with Crippen LogP contribution in [0.1, 0.15) is 28.4 Å². The Bertz CT molecular complexity index is 1380. The number of halogens is 7. The number of nitrogens with zero attached hydrogens (tertiary/aromatic N) is 6. The third kappa shape index (κ3) is 6.12. The first-order chi connectivity index (χ1) is 18.3. The monoisotopic (exact) mass is 562 g/mol. The highest BCUT2D eigenvalue weighted by Crippen LogP contribution is 2.32. The number of aromatic amines is 1. The molecule has 3 aromatic heterocycles. The van der Waals surface area contributed by atoms with Crippen LogP contribution in [0.25, 0.3) is 0 Å². The SMILES string of the molecule is C[C@@H](Cn1ccc(C(=O)N2CCN(c3ncc(C(F)(F)F)cn3)CC2)c1F)Nc1cn[nH]c(=O)c1C(F)(F)F. The Balaban J connectivity index is 1.38. The Morgan fingerprint density at radius 3 is 2.28 bits per heavy atom. The molecule has 10 nitrogen and oxygen atoms in total. The van der Waals surface area contributed by atoms with Gasteiger partial charge in [0.25, 0.3) is 11.5 Å². The molecule has 1 aliphatic rings. The van der Waals surface area contributed by atoms with E-state index in [0.717, 1.165) is 10.8 Å². The summed E-state index contributed by atoms with van der Waals surface area (Å²) < 4.78 is 94.0. The number of alkyl halides is 6. The molecule has 0 spiro atoms. The fraction of sp³-hybridized carbons (Fsp3) is 0.409. The van der Waals surface area contributed by atoms with Crippen molar-refractivity contribution in [3.8, 4) is 0 Å². The van der Waals surface area contributed by atoms with Crippen LogP contribution in [0.15, 0.2) is 35.6 Å². The highest BCUT2D eigenvalue weighted by molar-refractivity contribution is 5.94. The number of piperazine rings is 1. The molecule has 1 amide bonds. The fourth-order valence-corrected chi connectivity index (χ4v) is 4.06. The van der Waals surface area contributed by atoms with Crippen molar-refractivity contribution in [3.63, 3.8) is 0 Å². The van der Waals surface area contributed by atoms with Crippen LogP contribution < -0.4 is 15.8 Å². The van der Waals surface area contributed by atoms with Crippen molar-refractivity contribution in [2.75, 3.05) is 36.4 Å². The number of rotatable bonds is 6. The van der Waals surface area contributed by atoms with Gasteiger partial charge in [-0.3, -0.25) is 9.59 Å². The first-order valence-corrected chi connectivity index (χ1v) is 11.4. The van der Waals surface area contributed by atoms with Crippen LogP contribution >= 0.6 is 0 Å². The highest BCUT2D eigenvalue weighted by Gasteiger charge is 2.38. The van der Waals surface area contributed by atoms with Gasteiger partial charge in [-0.15, -0.1) is 0 Å². The molecule has 2 N–H and O–H groups in total. The maximum Gasteiger partial charge on any atom is 0.423 e. The summed E-state index contributed by atoms with van der Waals surface area (Å²) in [6.07, 6.45) is -6.10. The lowest BCUT2D eigenvalue weighted by molar-refractivity contribution is -0.139. The second-order valence-corrected chi connectivity index (χ2v) is 8.75. The molecule has 1 aliphatic heterocycles. The van der Waals surface area contributed by atoms with Crippen molar-refractivity contribution < 1.29 is 35.5 Å². The summed E-state index contributed by atoms with van der Waals surface area (Å²) >= 11 is 0. The Kier molecular flexibility index (Phi) is 7.52. The van der Waals surface area contributed by atoms with E-state index >= 15 is 4.39 Å². The zero-order valence-corrected chi connectivity index (χ0v) is 20.1. The lowest BCUT2D eigenvalue weighted by Gasteiger charge is -2.34. The predicted molar refractivity (Wildman–Crippen MR) is 122 cm³/mol. The number of amides is 1. The minimum absolute atomic E-state index is 0.0678. The van der Waals surface area contributed by atoms with E-state index in [2.05, 4.69) is 20.4 Å². The fourth-order valence-electron chi connectivity index (χ4n) is 4.06. The van der Waals surface area contributed by atoms with Gasteiger partial charge in [0.2, 0.25) is 11.9 Å². The van der Waals surface area contributed by atoms with Crippen LogP contribution in [-0.4, -0.2) is 67.8 Å². The summed E-state index contributed by atoms with van der Waals surface area (Å²) in [4.78, 5) is 35.0. The molecule has 4 rings (SSSR count). The van der Waals surface area contributed by atoms with Gasteiger partial charge in [0.1, 0.15) is 5.56 Å². The molecule has 0 radical (unpaired) electrons. The van der Waals surface area contributed by atoms with Gasteiger partial charge >= 0.3 is 12.4 Å². The van der Waals surface area contributed by atoms with E-state index in [9.17, 15) is 35.9 Å². The Morgan fingerprint density at radius 1 is 1.05 bits per heavy atom. The van der Waals surface area contributed by atoms with E-state index in [1.165, 1.54) is 24.1 Å².